The molecule has 0 radical (unpaired) electrons. The van der Waals surface area contributed by atoms with E-state index in [-0.39, 0.29) is 25.9 Å². The van der Waals surface area contributed by atoms with Crippen LogP contribution in [0.2, 0.25) is 0 Å². The maximum absolute atomic E-state index is 9.99. The predicted molar refractivity (Wildman–Crippen MR) is 75.6 cm³/mol. The summed E-state index contributed by atoms with van der Waals surface area (Å²) in [7, 11) is 0. The lowest BCUT2D eigenvalue weighted by Gasteiger charge is -2.30. The summed E-state index contributed by atoms with van der Waals surface area (Å²) in [4.78, 5) is 0. The van der Waals surface area contributed by atoms with Crippen molar-refractivity contribution in [1.29, 1.82) is 0 Å². The minimum absolute atomic E-state index is 0.0630. The van der Waals surface area contributed by atoms with Gasteiger partial charge in [-0.15, -0.1) is 0 Å². The van der Waals surface area contributed by atoms with E-state index in [0.717, 1.165) is 0 Å². The molecular formula is C14H28O8. The Bertz CT molecular complexity index is 328. The van der Waals surface area contributed by atoms with Crippen LogP contribution in [-0.2, 0) is 0 Å². The molecule has 1 saturated carbocycles. The number of aliphatic hydroxyl groups excluding tert-OH is 8. The largest absolute Gasteiger partial charge is 0.396 e. The van der Waals surface area contributed by atoms with Gasteiger partial charge in [0.1, 0.15) is 18.3 Å². The molecule has 1 rings (SSSR count). The van der Waals surface area contributed by atoms with Gasteiger partial charge in [0.25, 0.3) is 0 Å². The molecule has 0 bridgehead atoms. The second kappa shape index (κ2) is 8.51. The maximum Gasteiger partial charge on any atom is 0.111 e. The molecule has 1 fully saturated rings. The summed E-state index contributed by atoms with van der Waals surface area (Å²) in [5.41, 5.74) is 0. The van der Waals surface area contributed by atoms with Crippen LogP contribution in [0.1, 0.15) is 26.2 Å². The molecule has 0 aliphatic heterocycles. The first-order valence-corrected chi connectivity index (χ1v) is 7.61. The zero-order valence-corrected chi connectivity index (χ0v) is 12.6. The quantitative estimate of drug-likeness (QED) is 0.233. The Morgan fingerprint density at radius 3 is 1.95 bits per heavy atom. The van der Waals surface area contributed by atoms with E-state index in [1.54, 1.807) is 6.92 Å². The normalized spacial score (nSPS) is 35.9. The summed E-state index contributed by atoms with van der Waals surface area (Å²) in [6.07, 6.45) is -9.50. The van der Waals surface area contributed by atoms with Crippen molar-refractivity contribution < 1.29 is 40.9 Å². The Labute approximate surface area is 129 Å². The molecule has 8 heteroatoms. The van der Waals surface area contributed by atoms with E-state index in [4.69, 9.17) is 0 Å². The van der Waals surface area contributed by atoms with E-state index in [1.807, 2.05) is 0 Å². The third-order valence-corrected chi connectivity index (χ3v) is 4.64. The molecule has 1 aliphatic rings. The molecule has 0 aromatic rings. The summed E-state index contributed by atoms with van der Waals surface area (Å²) in [6, 6.07) is 0. The van der Waals surface area contributed by atoms with Gasteiger partial charge in [-0.3, -0.25) is 0 Å². The highest BCUT2D eigenvalue weighted by molar-refractivity contribution is 4.93. The summed E-state index contributed by atoms with van der Waals surface area (Å²) >= 11 is 0. The molecule has 8 nitrogen and oxygen atoms in total. The van der Waals surface area contributed by atoms with Gasteiger partial charge in [-0.2, -0.15) is 0 Å². The van der Waals surface area contributed by atoms with Gasteiger partial charge >= 0.3 is 0 Å². The predicted octanol–water partition coefficient (Wildman–Crippen LogP) is -3.06. The van der Waals surface area contributed by atoms with Crippen LogP contribution >= 0.6 is 0 Å². The molecule has 1 aliphatic carbocycles. The lowest BCUT2D eigenvalue weighted by molar-refractivity contribution is -0.138. The minimum atomic E-state index is -1.73. The number of rotatable bonds is 8. The minimum Gasteiger partial charge on any atom is -0.396 e. The van der Waals surface area contributed by atoms with E-state index in [9.17, 15) is 40.9 Å². The van der Waals surface area contributed by atoms with E-state index in [0.29, 0.717) is 0 Å². The molecule has 0 amide bonds. The maximum atomic E-state index is 9.99. The fraction of sp³-hybridized carbons (Fsp3) is 1.00. The van der Waals surface area contributed by atoms with Gasteiger partial charge < -0.3 is 40.9 Å². The first-order chi connectivity index (χ1) is 10.2. The molecule has 0 saturated heterocycles. The number of aliphatic hydroxyl groups is 8. The second-order valence-electron chi connectivity index (χ2n) is 6.15. The van der Waals surface area contributed by atoms with Gasteiger partial charge in [-0.1, -0.05) is 6.92 Å². The van der Waals surface area contributed by atoms with Crippen LogP contribution in [-0.4, -0.2) is 90.2 Å². The molecule has 132 valence electrons. The van der Waals surface area contributed by atoms with Crippen molar-refractivity contribution in [2.24, 2.45) is 11.8 Å². The summed E-state index contributed by atoms with van der Waals surface area (Å²) in [5, 5.41) is 77.3. The summed E-state index contributed by atoms with van der Waals surface area (Å²) in [6.45, 7) is 1.22. The highest BCUT2D eigenvalue weighted by Gasteiger charge is 2.43. The number of hydrogen-bond acceptors (Lipinski definition) is 8. The Balaban J connectivity index is 2.62. The molecule has 8 N–H and O–H groups in total. The van der Waals surface area contributed by atoms with Crippen molar-refractivity contribution in [3.63, 3.8) is 0 Å². The van der Waals surface area contributed by atoms with Gasteiger partial charge in [-0.25, -0.2) is 0 Å². The monoisotopic (exact) mass is 324 g/mol. The van der Waals surface area contributed by atoms with Crippen LogP contribution in [0.5, 0.6) is 0 Å². The molecule has 0 heterocycles. The highest BCUT2D eigenvalue weighted by Crippen LogP contribution is 2.36. The van der Waals surface area contributed by atoms with Gasteiger partial charge in [0.05, 0.1) is 24.4 Å². The van der Waals surface area contributed by atoms with Gasteiger partial charge in [-0.05, 0) is 25.2 Å². The number of hydrogen-bond donors (Lipinski definition) is 8. The molecule has 0 spiro atoms. The Kier molecular flexibility index (Phi) is 7.63. The zero-order chi connectivity index (χ0) is 17.0. The van der Waals surface area contributed by atoms with E-state index in [1.165, 1.54) is 0 Å². The topological polar surface area (TPSA) is 162 Å². The third kappa shape index (κ3) is 4.36. The van der Waals surface area contributed by atoms with Crippen molar-refractivity contribution in [3.8, 4) is 0 Å². The molecular weight excluding hydrogens is 296 g/mol. The van der Waals surface area contributed by atoms with Crippen LogP contribution in [0.25, 0.3) is 0 Å². The highest BCUT2D eigenvalue weighted by atomic mass is 16.4. The van der Waals surface area contributed by atoms with Crippen molar-refractivity contribution in [1.82, 2.24) is 0 Å². The molecule has 1 unspecified atom stereocenters. The second-order valence-corrected chi connectivity index (χ2v) is 6.15. The summed E-state index contributed by atoms with van der Waals surface area (Å²) in [5.74, 6) is -1.06. The van der Waals surface area contributed by atoms with Gasteiger partial charge in [0.15, 0.2) is 0 Å². The van der Waals surface area contributed by atoms with Crippen LogP contribution in [0, 0.1) is 11.8 Å². The fourth-order valence-electron chi connectivity index (χ4n) is 3.07. The Morgan fingerprint density at radius 2 is 1.45 bits per heavy atom. The average molecular weight is 324 g/mol. The van der Waals surface area contributed by atoms with Crippen LogP contribution in [0.15, 0.2) is 0 Å². The van der Waals surface area contributed by atoms with Crippen molar-refractivity contribution >= 4 is 0 Å². The van der Waals surface area contributed by atoms with Gasteiger partial charge in [0.2, 0.25) is 0 Å². The van der Waals surface area contributed by atoms with Crippen molar-refractivity contribution in [2.45, 2.75) is 68.9 Å². The van der Waals surface area contributed by atoms with Crippen LogP contribution in [0.3, 0.4) is 0 Å². The molecule has 0 aromatic carbocycles. The molecule has 22 heavy (non-hydrogen) atoms. The Morgan fingerprint density at radius 1 is 0.909 bits per heavy atom. The average Bonchev–Trinajstić information content (AvgIpc) is 2.77. The van der Waals surface area contributed by atoms with Crippen molar-refractivity contribution in [2.75, 3.05) is 6.61 Å². The van der Waals surface area contributed by atoms with Crippen molar-refractivity contribution in [3.05, 3.63) is 0 Å². The lowest BCUT2D eigenvalue weighted by atomic mass is 9.87. The molecule has 9 atom stereocenters. The first-order valence-electron chi connectivity index (χ1n) is 7.61. The van der Waals surface area contributed by atoms with E-state index < -0.39 is 54.6 Å². The standard InChI is InChI=1S/C14H28O8/c1-2-8(16)12(20)14(22)13(21)10(18)4-6-3-9(17)11(19)7(6)5-15/h6-22H,2-5H2,1H3/t6?,7-,8-,9+,10+,11+,12+,13+,14+/m0/s1. The molecule has 0 aromatic heterocycles. The van der Waals surface area contributed by atoms with Crippen LogP contribution < -0.4 is 0 Å². The fourth-order valence-corrected chi connectivity index (χ4v) is 3.07. The SMILES string of the molecule is CC[C@H](O)[C@@H](O)[C@@H](O)[C@H](O)[C@H](O)CC1C[C@@H](O)[C@H](O)[C@H]1CO. The van der Waals surface area contributed by atoms with E-state index >= 15 is 0 Å². The van der Waals surface area contributed by atoms with Gasteiger partial charge in [0, 0.05) is 12.5 Å². The first kappa shape index (κ1) is 19.7. The summed E-state index contributed by atoms with van der Waals surface area (Å²) < 4.78 is 0. The zero-order valence-electron chi connectivity index (χ0n) is 12.6. The Hall–Kier alpha value is -0.320. The van der Waals surface area contributed by atoms with Crippen LogP contribution in [0.4, 0.5) is 0 Å². The lowest BCUT2D eigenvalue weighted by Crippen LogP contribution is -2.49. The third-order valence-electron chi connectivity index (χ3n) is 4.64. The smallest absolute Gasteiger partial charge is 0.111 e. The van der Waals surface area contributed by atoms with E-state index in [2.05, 4.69) is 0 Å².